The molecule has 0 heterocycles. The zero-order valence-corrected chi connectivity index (χ0v) is 16.8. The van der Waals surface area contributed by atoms with Crippen molar-refractivity contribution in [3.8, 4) is 0 Å². The average Bonchev–Trinajstić information content (AvgIpc) is 3.34. The lowest BCUT2D eigenvalue weighted by molar-refractivity contribution is -0.127. The molecule has 1 aromatic rings. The minimum Gasteiger partial charge on any atom is -0.388 e. The smallest absolute Gasteiger partial charge is 0.225 e. The van der Waals surface area contributed by atoms with Crippen LogP contribution in [0.2, 0.25) is 0 Å². The molecule has 8 nitrogen and oxygen atoms in total. The van der Waals surface area contributed by atoms with Crippen LogP contribution in [0.25, 0.3) is 0 Å². The van der Waals surface area contributed by atoms with E-state index in [-0.39, 0.29) is 17.6 Å². The van der Waals surface area contributed by atoms with Gasteiger partial charge >= 0.3 is 0 Å². The van der Waals surface area contributed by atoms with E-state index < -0.39 is 17.3 Å². The fourth-order valence-electron chi connectivity index (χ4n) is 3.60. The predicted octanol–water partition coefficient (Wildman–Crippen LogP) is 0.689. The topological polar surface area (TPSA) is 106 Å². The van der Waals surface area contributed by atoms with Gasteiger partial charge in [0, 0.05) is 45.6 Å². The molecule has 154 valence electrons. The molecule has 3 N–H and O–H groups in total. The number of anilines is 1. The number of Topliss-reactive ketones (excluding diaryl/α,β-unsaturated/α-hetero) is 1. The summed E-state index contributed by atoms with van der Waals surface area (Å²) in [6.45, 7) is 3.04. The standard InChI is InChI=1S/C20H29N3O5/c1-20(17(24)13-7-5-6-8-14(13)21-2)15(18(25)22-9-11-27-3)16(20)19(26)23-10-12-28-4/h5-8,15-16,21H,9-12H2,1-4H3,(H,22,25)(H,23,26)/t15-,16+,20?. The van der Waals surface area contributed by atoms with E-state index in [2.05, 4.69) is 16.0 Å². The SMILES string of the molecule is CNc1ccccc1C(=O)C1(C)[C@H](C(=O)NCCOC)[C@@H]1C(=O)NCCOC. The Labute approximate surface area is 165 Å². The fraction of sp³-hybridized carbons (Fsp3) is 0.550. The van der Waals surface area contributed by atoms with E-state index in [4.69, 9.17) is 9.47 Å². The molecular formula is C20H29N3O5. The molecule has 0 spiro atoms. The van der Waals surface area contributed by atoms with Gasteiger partial charge < -0.3 is 25.4 Å². The first-order valence-corrected chi connectivity index (χ1v) is 9.28. The van der Waals surface area contributed by atoms with Crippen LogP contribution in [0.4, 0.5) is 5.69 Å². The molecule has 0 aliphatic heterocycles. The number of hydrogen-bond donors (Lipinski definition) is 3. The van der Waals surface area contributed by atoms with Crippen LogP contribution in [0.5, 0.6) is 0 Å². The lowest BCUT2D eigenvalue weighted by Gasteiger charge is -2.14. The van der Waals surface area contributed by atoms with Gasteiger partial charge in [-0.05, 0) is 12.1 Å². The van der Waals surface area contributed by atoms with Crippen LogP contribution in [0.15, 0.2) is 24.3 Å². The van der Waals surface area contributed by atoms with Crippen molar-refractivity contribution in [2.75, 3.05) is 52.9 Å². The van der Waals surface area contributed by atoms with Gasteiger partial charge in [0.05, 0.1) is 30.5 Å². The second-order valence-electron chi connectivity index (χ2n) is 6.93. The van der Waals surface area contributed by atoms with Gasteiger partial charge in [-0.3, -0.25) is 14.4 Å². The zero-order chi connectivity index (χ0) is 20.7. The molecule has 2 amide bonds. The van der Waals surface area contributed by atoms with Gasteiger partial charge in [-0.25, -0.2) is 0 Å². The van der Waals surface area contributed by atoms with Gasteiger partial charge in [-0.15, -0.1) is 0 Å². The van der Waals surface area contributed by atoms with Gasteiger partial charge in [0.15, 0.2) is 5.78 Å². The molecule has 2 rings (SSSR count). The molecule has 8 heteroatoms. The van der Waals surface area contributed by atoms with Crippen LogP contribution in [-0.2, 0) is 19.1 Å². The van der Waals surface area contributed by atoms with Gasteiger partial charge in [0.2, 0.25) is 11.8 Å². The average molecular weight is 391 g/mol. The Morgan fingerprint density at radius 2 is 1.46 bits per heavy atom. The molecule has 3 atom stereocenters. The normalized spacial score (nSPS) is 23.0. The molecule has 1 aliphatic carbocycles. The number of rotatable bonds is 11. The Morgan fingerprint density at radius 3 is 1.93 bits per heavy atom. The summed E-state index contributed by atoms with van der Waals surface area (Å²) in [5.41, 5.74) is 0.0217. The minimum absolute atomic E-state index is 0.226. The van der Waals surface area contributed by atoms with Crippen molar-refractivity contribution < 1.29 is 23.9 Å². The second-order valence-corrected chi connectivity index (χ2v) is 6.93. The van der Waals surface area contributed by atoms with Crippen molar-refractivity contribution >= 4 is 23.3 Å². The second kappa shape index (κ2) is 9.66. The highest BCUT2D eigenvalue weighted by molar-refractivity contribution is 6.14. The third kappa shape index (κ3) is 4.34. The first kappa shape index (κ1) is 21.8. The van der Waals surface area contributed by atoms with Crippen LogP contribution in [0.3, 0.4) is 0 Å². The number of benzene rings is 1. The van der Waals surface area contributed by atoms with Crippen LogP contribution in [-0.4, -0.2) is 65.2 Å². The zero-order valence-electron chi connectivity index (χ0n) is 16.8. The lowest BCUT2D eigenvalue weighted by Crippen LogP contribution is -2.32. The third-order valence-corrected chi connectivity index (χ3v) is 5.22. The molecule has 0 bridgehead atoms. The Kier molecular flexibility index (Phi) is 7.53. The van der Waals surface area contributed by atoms with E-state index in [0.717, 1.165) is 0 Å². The quantitative estimate of drug-likeness (QED) is 0.379. The monoisotopic (exact) mass is 391 g/mol. The fourth-order valence-corrected chi connectivity index (χ4v) is 3.60. The molecule has 0 saturated heterocycles. The molecule has 1 aromatic carbocycles. The summed E-state index contributed by atoms with van der Waals surface area (Å²) < 4.78 is 9.90. The van der Waals surface area contributed by atoms with E-state index in [1.165, 1.54) is 14.2 Å². The summed E-state index contributed by atoms with van der Waals surface area (Å²) in [7, 11) is 4.81. The van der Waals surface area contributed by atoms with Crippen molar-refractivity contribution in [2.24, 2.45) is 17.3 Å². The van der Waals surface area contributed by atoms with Crippen molar-refractivity contribution in [2.45, 2.75) is 6.92 Å². The Balaban J connectivity index is 2.26. The largest absolute Gasteiger partial charge is 0.388 e. The summed E-state index contributed by atoms with van der Waals surface area (Å²) in [4.78, 5) is 38.7. The molecule has 0 aromatic heterocycles. The number of para-hydroxylation sites is 1. The number of nitrogens with one attached hydrogen (secondary N) is 3. The van der Waals surface area contributed by atoms with Crippen LogP contribution < -0.4 is 16.0 Å². The first-order chi connectivity index (χ1) is 13.4. The highest BCUT2D eigenvalue weighted by Crippen LogP contribution is 2.60. The molecule has 1 saturated carbocycles. The van der Waals surface area contributed by atoms with Crippen molar-refractivity contribution in [1.29, 1.82) is 0 Å². The molecule has 28 heavy (non-hydrogen) atoms. The highest BCUT2D eigenvalue weighted by atomic mass is 16.5. The minimum atomic E-state index is -1.11. The van der Waals surface area contributed by atoms with Gasteiger partial charge in [0.1, 0.15) is 0 Å². The number of carbonyl (C=O) groups is 3. The maximum absolute atomic E-state index is 13.3. The summed E-state index contributed by atoms with van der Waals surface area (Å²) >= 11 is 0. The number of hydrogen-bond acceptors (Lipinski definition) is 6. The molecule has 1 aliphatic rings. The van der Waals surface area contributed by atoms with E-state index in [9.17, 15) is 14.4 Å². The predicted molar refractivity (Wildman–Crippen MR) is 105 cm³/mol. The van der Waals surface area contributed by atoms with Crippen molar-refractivity contribution in [3.63, 3.8) is 0 Å². The van der Waals surface area contributed by atoms with E-state index in [0.29, 0.717) is 37.6 Å². The molecule has 0 radical (unpaired) electrons. The van der Waals surface area contributed by atoms with Crippen molar-refractivity contribution in [1.82, 2.24) is 10.6 Å². The number of carbonyl (C=O) groups excluding carboxylic acids is 3. The van der Waals surface area contributed by atoms with Crippen LogP contribution in [0.1, 0.15) is 17.3 Å². The number of amides is 2. The maximum atomic E-state index is 13.3. The summed E-state index contributed by atoms with van der Waals surface area (Å²) in [6, 6.07) is 7.08. The third-order valence-electron chi connectivity index (χ3n) is 5.22. The van der Waals surface area contributed by atoms with Gasteiger partial charge in [-0.2, -0.15) is 0 Å². The first-order valence-electron chi connectivity index (χ1n) is 9.28. The molecule has 1 unspecified atom stereocenters. The Hall–Kier alpha value is -2.45. The molecular weight excluding hydrogens is 362 g/mol. The van der Waals surface area contributed by atoms with E-state index >= 15 is 0 Å². The molecule has 1 fully saturated rings. The Bertz CT molecular complexity index is 694. The summed E-state index contributed by atoms with van der Waals surface area (Å²) in [6.07, 6.45) is 0. The van der Waals surface area contributed by atoms with E-state index in [1.54, 1.807) is 32.2 Å². The lowest BCUT2D eigenvalue weighted by atomic mass is 9.91. The highest BCUT2D eigenvalue weighted by Gasteiger charge is 2.72. The number of methoxy groups -OCH3 is 2. The number of ether oxygens (including phenoxy) is 2. The number of ketones is 1. The van der Waals surface area contributed by atoms with Gasteiger partial charge in [0.25, 0.3) is 0 Å². The summed E-state index contributed by atoms with van der Waals surface area (Å²) in [5, 5.41) is 8.50. The summed E-state index contributed by atoms with van der Waals surface area (Å²) in [5.74, 6) is -2.33. The van der Waals surface area contributed by atoms with E-state index in [1.807, 2.05) is 6.07 Å². The van der Waals surface area contributed by atoms with Crippen LogP contribution >= 0.6 is 0 Å². The maximum Gasteiger partial charge on any atom is 0.225 e. The van der Waals surface area contributed by atoms with Crippen molar-refractivity contribution in [3.05, 3.63) is 29.8 Å². The Morgan fingerprint density at radius 1 is 0.964 bits per heavy atom. The van der Waals surface area contributed by atoms with Crippen LogP contribution in [0, 0.1) is 17.3 Å². The van der Waals surface area contributed by atoms with Gasteiger partial charge in [-0.1, -0.05) is 19.1 Å².